The van der Waals surface area contributed by atoms with E-state index in [0.717, 1.165) is 11.8 Å². The zero-order valence-corrected chi connectivity index (χ0v) is 6.40. The summed E-state index contributed by atoms with van der Waals surface area (Å²) in [4.78, 5) is 0. The van der Waals surface area contributed by atoms with E-state index in [1.165, 1.54) is 19.3 Å². The summed E-state index contributed by atoms with van der Waals surface area (Å²) in [5.41, 5.74) is 0. The SMILES string of the molecule is C1[C@H]2C[C@@H]3O[C@@H]3C[C@H]2[C@H]2O[C@@H]12. The van der Waals surface area contributed by atoms with E-state index in [9.17, 15) is 0 Å². The summed E-state index contributed by atoms with van der Waals surface area (Å²) in [5.74, 6) is 1.84. The number of ether oxygens (including phenoxy) is 2. The molecule has 0 bridgehead atoms. The molecular weight excluding hydrogens is 140 g/mol. The molecule has 2 aliphatic heterocycles. The number of rotatable bonds is 0. The molecule has 0 aromatic rings. The van der Waals surface area contributed by atoms with E-state index in [2.05, 4.69) is 0 Å². The van der Waals surface area contributed by atoms with Crippen LogP contribution in [-0.2, 0) is 9.47 Å². The van der Waals surface area contributed by atoms with E-state index in [4.69, 9.17) is 9.47 Å². The molecule has 0 N–H and O–H groups in total. The molecule has 2 aliphatic carbocycles. The van der Waals surface area contributed by atoms with Gasteiger partial charge in [-0.15, -0.1) is 0 Å². The third-order valence-corrected chi connectivity index (χ3v) is 3.91. The van der Waals surface area contributed by atoms with Gasteiger partial charge in [0.1, 0.15) is 0 Å². The zero-order valence-electron chi connectivity index (χ0n) is 6.40. The molecule has 0 aromatic carbocycles. The van der Waals surface area contributed by atoms with Crippen molar-refractivity contribution < 1.29 is 9.47 Å². The van der Waals surface area contributed by atoms with Gasteiger partial charge in [-0.3, -0.25) is 0 Å². The second-order valence-electron chi connectivity index (χ2n) is 4.48. The number of fused-ring (bicyclic) bond motifs is 4. The van der Waals surface area contributed by atoms with Gasteiger partial charge in [-0.1, -0.05) is 0 Å². The van der Waals surface area contributed by atoms with Crippen molar-refractivity contribution in [3.63, 3.8) is 0 Å². The van der Waals surface area contributed by atoms with Crippen molar-refractivity contribution in [3.8, 4) is 0 Å². The van der Waals surface area contributed by atoms with Crippen molar-refractivity contribution in [2.45, 2.75) is 43.7 Å². The highest BCUT2D eigenvalue weighted by atomic mass is 16.6. The molecule has 6 atom stereocenters. The molecule has 4 fully saturated rings. The van der Waals surface area contributed by atoms with E-state index < -0.39 is 0 Å². The van der Waals surface area contributed by atoms with Crippen LogP contribution in [0.2, 0.25) is 0 Å². The average molecular weight is 152 g/mol. The van der Waals surface area contributed by atoms with Crippen molar-refractivity contribution in [3.05, 3.63) is 0 Å². The van der Waals surface area contributed by atoms with Gasteiger partial charge < -0.3 is 9.47 Å². The molecule has 2 heterocycles. The maximum absolute atomic E-state index is 5.53. The van der Waals surface area contributed by atoms with Gasteiger partial charge >= 0.3 is 0 Å². The first kappa shape index (κ1) is 5.55. The summed E-state index contributed by atoms with van der Waals surface area (Å²) < 4.78 is 11.1. The van der Waals surface area contributed by atoms with Crippen LogP contribution in [0.15, 0.2) is 0 Å². The Kier molecular flexibility index (Phi) is 0.758. The third-order valence-electron chi connectivity index (χ3n) is 3.91. The lowest BCUT2D eigenvalue weighted by Crippen LogP contribution is -2.24. The van der Waals surface area contributed by atoms with Crippen LogP contribution in [0.25, 0.3) is 0 Å². The molecule has 0 spiro atoms. The first-order valence-corrected chi connectivity index (χ1v) is 4.73. The summed E-state index contributed by atoms with van der Waals surface area (Å²) in [6, 6.07) is 0. The predicted octanol–water partition coefficient (Wildman–Crippen LogP) is 0.951. The van der Waals surface area contributed by atoms with Gasteiger partial charge in [0.2, 0.25) is 0 Å². The Labute approximate surface area is 65.9 Å². The lowest BCUT2D eigenvalue weighted by Gasteiger charge is -2.23. The Bertz CT molecular complexity index is 216. The van der Waals surface area contributed by atoms with Crippen molar-refractivity contribution in [2.75, 3.05) is 0 Å². The van der Waals surface area contributed by atoms with Crippen LogP contribution in [0.4, 0.5) is 0 Å². The van der Waals surface area contributed by atoms with Gasteiger partial charge in [-0.25, -0.2) is 0 Å². The second kappa shape index (κ2) is 1.50. The van der Waals surface area contributed by atoms with Crippen LogP contribution in [0.5, 0.6) is 0 Å². The van der Waals surface area contributed by atoms with Gasteiger partial charge in [0, 0.05) is 0 Å². The van der Waals surface area contributed by atoms with Gasteiger partial charge in [0.25, 0.3) is 0 Å². The van der Waals surface area contributed by atoms with E-state index in [-0.39, 0.29) is 0 Å². The molecular formula is C9H12O2. The Balaban J connectivity index is 1.65. The standard InChI is InChI=1S/C9H12O2/c1-4-2-8-9(11-8)5(4)3-7-6(1)10-7/h4-9H,1-3H2/t4-,5-,6+,7-,8+,9-/m1/s1. The Morgan fingerprint density at radius 1 is 0.818 bits per heavy atom. The minimum atomic E-state index is 0.638. The van der Waals surface area contributed by atoms with Crippen LogP contribution in [0, 0.1) is 11.8 Å². The smallest absolute Gasteiger partial charge is 0.0873 e. The molecule has 4 rings (SSSR count). The largest absolute Gasteiger partial charge is 0.370 e. The predicted molar refractivity (Wildman–Crippen MR) is 38.2 cm³/mol. The minimum Gasteiger partial charge on any atom is -0.370 e. The first-order valence-electron chi connectivity index (χ1n) is 4.73. The summed E-state index contributed by atoms with van der Waals surface area (Å²) in [6.07, 6.45) is 6.60. The number of hydrogen-bond donors (Lipinski definition) is 0. The summed E-state index contributed by atoms with van der Waals surface area (Å²) >= 11 is 0. The fraction of sp³-hybridized carbons (Fsp3) is 1.00. The summed E-state index contributed by atoms with van der Waals surface area (Å²) in [6.45, 7) is 0. The highest BCUT2D eigenvalue weighted by molar-refractivity contribution is 5.09. The third kappa shape index (κ3) is 0.611. The Morgan fingerprint density at radius 3 is 2.64 bits per heavy atom. The van der Waals surface area contributed by atoms with E-state index in [1.807, 2.05) is 0 Å². The molecule has 4 aliphatic rings. The average Bonchev–Trinajstić information content (AvgIpc) is 2.84. The van der Waals surface area contributed by atoms with Gasteiger partial charge in [-0.2, -0.15) is 0 Å². The van der Waals surface area contributed by atoms with Crippen LogP contribution < -0.4 is 0 Å². The topological polar surface area (TPSA) is 25.1 Å². The van der Waals surface area contributed by atoms with Crippen LogP contribution in [-0.4, -0.2) is 24.4 Å². The van der Waals surface area contributed by atoms with E-state index >= 15 is 0 Å². The molecule has 0 unspecified atom stereocenters. The van der Waals surface area contributed by atoms with Crippen LogP contribution in [0.1, 0.15) is 19.3 Å². The number of hydrogen-bond acceptors (Lipinski definition) is 2. The lowest BCUT2D eigenvalue weighted by molar-refractivity contribution is 0.171. The van der Waals surface area contributed by atoms with Gasteiger partial charge in [0.05, 0.1) is 24.4 Å². The van der Waals surface area contributed by atoms with Crippen molar-refractivity contribution in [2.24, 2.45) is 11.8 Å². The Hall–Kier alpha value is -0.0800. The zero-order chi connectivity index (χ0) is 7.00. The normalized spacial score (nSPS) is 69.8. The van der Waals surface area contributed by atoms with E-state index in [1.54, 1.807) is 0 Å². The molecule has 2 saturated heterocycles. The van der Waals surface area contributed by atoms with E-state index in [0.29, 0.717) is 24.4 Å². The highest BCUT2D eigenvalue weighted by Crippen LogP contribution is 2.56. The molecule has 11 heavy (non-hydrogen) atoms. The van der Waals surface area contributed by atoms with Crippen LogP contribution >= 0.6 is 0 Å². The monoisotopic (exact) mass is 152 g/mol. The fourth-order valence-corrected chi connectivity index (χ4v) is 3.22. The van der Waals surface area contributed by atoms with Crippen LogP contribution in [0.3, 0.4) is 0 Å². The molecule has 2 saturated carbocycles. The lowest BCUT2D eigenvalue weighted by atomic mass is 9.81. The maximum Gasteiger partial charge on any atom is 0.0873 e. The summed E-state index contributed by atoms with van der Waals surface area (Å²) in [7, 11) is 0. The maximum atomic E-state index is 5.53. The summed E-state index contributed by atoms with van der Waals surface area (Å²) in [5, 5.41) is 0. The fourth-order valence-electron chi connectivity index (χ4n) is 3.22. The molecule has 2 heteroatoms. The van der Waals surface area contributed by atoms with Crippen molar-refractivity contribution in [1.82, 2.24) is 0 Å². The van der Waals surface area contributed by atoms with Gasteiger partial charge in [-0.05, 0) is 31.1 Å². The Morgan fingerprint density at radius 2 is 1.64 bits per heavy atom. The molecule has 0 amide bonds. The first-order chi connectivity index (χ1) is 5.42. The molecule has 2 nitrogen and oxygen atoms in total. The molecule has 0 aromatic heterocycles. The number of epoxide rings is 2. The second-order valence-corrected chi connectivity index (χ2v) is 4.48. The van der Waals surface area contributed by atoms with Crippen molar-refractivity contribution in [1.29, 1.82) is 0 Å². The minimum absolute atomic E-state index is 0.638. The van der Waals surface area contributed by atoms with Gasteiger partial charge in [0.15, 0.2) is 0 Å². The van der Waals surface area contributed by atoms with Crippen molar-refractivity contribution >= 4 is 0 Å². The highest BCUT2D eigenvalue weighted by Gasteiger charge is 2.61. The quantitative estimate of drug-likeness (QED) is 0.483. The molecule has 60 valence electrons. The molecule has 0 radical (unpaired) electrons.